The van der Waals surface area contributed by atoms with Gasteiger partial charge in [0.2, 0.25) is 0 Å². The maximum Gasteiger partial charge on any atom is 0.481 e. The summed E-state index contributed by atoms with van der Waals surface area (Å²) in [6.07, 6.45) is 8.34. The molecule has 3 N–H and O–H groups in total. The molecule has 0 bridgehead atoms. The van der Waals surface area contributed by atoms with E-state index in [-0.39, 0.29) is 16.7 Å². The predicted molar refractivity (Wildman–Crippen MR) is 113 cm³/mol. The van der Waals surface area contributed by atoms with E-state index in [2.05, 4.69) is 38.1 Å². The molecule has 9 heteroatoms. The molecule has 1 unspecified atom stereocenters. The summed E-state index contributed by atoms with van der Waals surface area (Å²) >= 11 is 0. The maximum atomic E-state index is 12.4. The fourth-order valence-electron chi connectivity index (χ4n) is 6.28. The molecule has 0 spiro atoms. The van der Waals surface area contributed by atoms with Crippen molar-refractivity contribution in [3.8, 4) is 0 Å². The molecule has 2 saturated carbocycles. The predicted octanol–water partition coefficient (Wildman–Crippen LogP) is 5.96. The van der Waals surface area contributed by atoms with Crippen LogP contribution in [0.2, 0.25) is 0 Å². The zero-order chi connectivity index (χ0) is 22.3. The van der Waals surface area contributed by atoms with E-state index in [0.29, 0.717) is 12.3 Å². The van der Waals surface area contributed by atoms with Crippen LogP contribution in [-0.2, 0) is 18.0 Å². The Morgan fingerprint density at radius 2 is 1.72 bits per heavy atom. The lowest BCUT2D eigenvalue weighted by molar-refractivity contribution is -0.163. The quantitative estimate of drug-likeness (QED) is 0.323. The second-order valence-electron chi connectivity index (χ2n) is 10.1. The summed E-state index contributed by atoms with van der Waals surface area (Å²) in [5.74, 6) is 0.418. The van der Waals surface area contributed by atoms with Gasteiger partial charge >= 0.3 is 15.6 Å². The van der Waals surface area contributed by atoms with Crippen molar-refractivity contribution in [2.24, 2.45) is 22.7 Å². The Bertz CT molecular complexity index is 728. The normalized spacial score (nSPS) is 37.6. The molecule has 29 heavy (non-hydrogen) atoms. The summed E-state index contributed by atoms with van der Waals surface area (Å²) in [5.41, 5.74) is 0.316. The van der Waals surface area contributed by atoms with Crippen LogP contribution in [0.4, 0.5) is 0 Å². The molecular weight excluding hydrogens is 414 g/mol. The molecule has 0 saturated heterocycles. The van der Waals surface area contributed by atoms with E-state index < -0.39 is 21.2 Å². The molecule has 0 radical (unpaired) electrons. The third kappa shape index (κ3) is 5.83. The Morgan fingerprint density at radius 3 is 2.28 bits per heavy atom. The highest BCUT2D eigenvalue weighted by Gasteiger charge is 2.60. The van der Waals surface area contributed by atoms with Gasteiger partial charge < -0.3 is 14.7 Å². The van der Waals surface area contributed by atoms with E-state index in [0.717, 1.165) is 38.5 Å². The monoisotopic (exact) mass is 452 g/mol. The van der Waals surface area contributed by atoms with Crippen molar-refractivity contribution in [2.75, 3.05) is 0 Å². The van der Waals surface area contributed by atoms with E-state index in [9.17, 15) is 14.0 Å². The molecule has 5 atom stereocenters. The minimum absolute atomic E-state index is 0.0379. The molecule has 2 aliphatic rings. The molecule has 0 amide bonds. The number of allylic oxidation sites excluding steroid dienone is 2. The third-order valence-electron chi connectivity index (χ3n) is 7.59. The fourth-order valence-corrected chi connectivity index (χ4v) is 8.24. The molecule has 2 rings (SSSR count). The van der Waals surface area contributed by atoms with Gasteiger partial charge in [-0.2, -0.15) is 4.31 Å². The molecule has 7 nitrogen and oxygen atoms in total. The summed E-state index contributed by atoms with van der Waals surface area (Å²) in [7, 11) is -10.1. The number of phosphoric acid groups is 2. The highest BCUT2D eigenvalue weighted by Crippen LogP contribution is 2.67. The zero-order valence-corrected chi connectivity index (χ0v) is 20.3. The van der Waals surface area contributed by atoms with Crippen LogP contribution >= 0.6 is 15.6 Å². The van der Waals surface area contributed by atoms with Gasteiger partial charge in [0, 0.05) is 0 Å². The lowest BCUT2D eigenvalue weighted by atomic mass is 9.45. The first-order valence-electron chi connectivity index (χ1n) is 10.5. The van der Waals surface area contributed by atoms with Gasteiger partial charge in [-0.3, -0.25) is 4.52 Å². The average molecular weight is 452 g/mol. The van der Waals surface area contributed by atoms with Crippen molar-refractivity contribution in [1.82, 2.24) is 0 Å². The van der Waals surface area contributed by atoms with Crippen molar-refractivity contribution in [3.63, 3.8) is 0 Å². The summed E-state index contributed by atoms with van der Waals surface area (Å²) in [4.78, 5) is 28.1. The molecule has 0 aromatic heterocycles. The van der Waals surface area contributed by atoms with Gasteiger partial charge in [-0.25, -0.2) is 9.13 Å². The number of phosphoric ester groups is 1. The molecule has 0 aliphatic heterocycles. The SMILES string of the molecule is C/C=C(\C)CC[C@H]1[C@@]2(C)CCCC(C)(C)[C@H]2CC[C@]1(C)OP(=O)(O)OP(=O)(O)O. The van der Waals surface area contributed by atoms with Gasteiger partial charge in [-0.15, -0.1) is 0 Å². The van der Waals surface area contributed by atoms with Crippen molar-refractivity contribution in [1.29, 1.82) is 0 Å². The highest BCUT2D eigenvalue weighted by atomic mass is 31.3. The van der Waals surface area contributed by atoms with Crippen LogP contribution in [0.5, 0.6) is 0 Å². The van der Waals surface area contributed by atoms with E-state index in [1.54, 1.807) is 6.92 Å². The van der Waals surface area contributed by atoms with Crippen molar-refractivity contribution in [2.45, 2.75) is 92.1 Å². The molecule has 2 aliphatic carbocycles. The summed E-state index contributed by atoms with van der Waals surface area (Å²) in [6, 6.07) is 0. The van der Waals surface area contributed by atoms with Crippen LogP contribution in [0.3, 0.4) is 0 Å². The Hall–Kier alpha value is -0.0000000000000000416. The lowest BCUT2D eigenvalue weighted by Gasteiger charge is -2.62. The van der Waals surface area contributed by atoms with Crippen LogP contribution < -0.4 is 0 Å². The topological polar surface area (TPSA) is 113 Å². The summed E-state index contributed by atoms with van der Waals surface area (Å²) < 4.78 is 33.3. The second-order valence-corrected chi connectivity index (χ2v) is 12.9. The smallest absolute Gasteiger partial charge is 0.302 e. The van der Waals surface area contributed by atoms with Crippen LogP contribution in [0.1, 0.15) is 86.5 Å². The lowest BCUT2D eigenvalue weighted by Crippen LogP contribution is -2.58. The largest absolute Gasteiger partial charge is 0.481 e. The average Bonchev–Trinajstić information content (AvgIpc) is 2.49. The van der Waals surface area contributed by atoms with Gasteiger partial charge in [-0.05, 0) is 82.0 Å². The number of hydrogen-bond donors (Lipinski definition) is 3. The van der Waals surface area contributed by atoms with E-state index in [1.165, 1.54) is 5.57 Å². The molecule has 0 heterocycles. The van der Waals surface area contributed by atoms with E-state index >= 15 is 0 Å². The first-order chi connectivity index (χ1) is 13.0. The Morgan fingerprint density at radius 1 is 1.10 bits per heavy atom. The second kappa shape index (κ2) is 8.50. The van der Waals surface area contributed by atoms with Crippen LogP contribution in [0.15, 0.2) is 11.6 Å². The number of fused-ring (bicyclic) bond motifs is 1. The van der Waals surface area contributed by atoms with Crippen molar-refractivity contribution >= 4 is 15.6 Å². The maximum absolute atomic E-state index is 12.4. The summed E-state index contributed by atoms with van der Waals surface area (Å²) in [6.45, 7) is 12.7. The van der Waals surface area contributed by atoms with Gasteiger partial charge in [0.25, 0.3) is 0 Å². The highest BCUT2D eigenvalue weighted by molar-refractivity contribution is 7.60. The molecule has 0 aromatic rings. The van der Waals surface area contributed by atoms with Crippen LogP contribution in [0.25, 0.3) is 0 Å². The van der Waals surface area contributed by atoms with E-state index in [1.807, 2.05) is 6.92 Å². The minimum atomic E-state index is -5.15. The van der Waals surface area contributed by atoms with Gasteiger partial charge in [-0.1, -0.05) is 38.8 Å². The number of hydrogen-bond acceptors (Lipinski definition) is 4. The molecule has 0 aromatic carbocycles. The molecule has 2 fully saturated rings. The van der Waals surface area contributed by atoms with Gasteiger partial charge in [0.05, 0.1) is 5.60 Å². The van der Waals surface area contributed by atoms with Crippen molar-refractivity contribution < 1.29 is 32.6 Å². The zero-order valence-electron chi connectivity index (χ0n) is 18.6. The minimum Gasteiger partial charge on any atom is -0.302 e. The Kier molecular flexibility index (Phi) is 7.41. The summed E-state index contributed by atoms with van der Waals surface area (Å²) in [5, 5.41) is 0. The Balaban J connectivity index is 2.42. The molecule has 170 valence electrons. The van der Waals surface area contributed by atoms with Gasteiger partial charge in [0.15, 0.2) is 0 Å². The Labute approximate surface area is 175 Å². The van der Waals surface area contributed by atoms with Crippen LogP contribution in [-0.4, -0.2) is 20.3 Å². The first-order valence-corrected chi connectivity index (χ1v) is 13.5. The first kappa shape index (κ1) is 25.3. The number of rotatable bonds is 7. The van der Waals surface area contributed by atoms with Crippen molar-refractivity contribution in [3.05, 3.63) is 11.6 Å². The van der Waals surface area contributed by atoms with E-state index in [4.69, 9.17) is 14.3 Å². The molecular formula is C20H38O7P2. The van der Waals surface area contributed by atoms with Crippen LogP contribution in [0, 0.1) is 22.7 Å². The van der Waals surface area contributed by atoms with Gasteiger partial charge in [0.1, 0.15) is 0 Å². The standard InChI is InChI=1S/C20H38O7P2/c1-7-15(2)9-10-17-19(5)13-8-12-18(3,4)16(19)11-14-20(17,6)26-29(24,25)27-28(21,22)23/h7,16-17H,8-14H2,1-6H3,(H,24,25)(H2,21,22,23)/b15-7+/t16-,17+,19+,20+/m1/s1. The third-order valence-corrected chi connectivity index (χ3v) is 9.92. The fraction of sp³-hybridized carbons (Fsp3) is 0.900.